The average Bonchev–Trinajstić information content (AvgIpc) is 2.40. The molecule has 0 spiro atoms. The highest BCUT2D eigenvalue weighted by Crippen LogP contribution is 2.00. The van der Waals surface area contributed by atoms with Crippen LogP contribution in [0.5, 0.6) is 0 Å². The quantitative estimate of drug-likeness (QED) is 0.598. The summed E-state index contributed by atoms with van der Waals surface area (Å²) in [6, 6.07) is 0.132. The summed E-state index contributed by atoms with van der Waals surface area (Å²) in [6.45, 7) is 7.98. The van der Waals surface area contributed by atoms with E-state index in [0.29, 0.717) is 25.6 Å². The van der Waals surface area contributed by atoms with Crippen molar-refractivity contribution in [3.63, 3.8) is 0 Å². The van der Waals surface area contributed by atoms with Crippen molar-refractivity contribution in [3.8, 4) is 0 Å². The predicted octanol–water partition coefficient (Wildman–Crippen LogP) is 0.659. The normalized spacial score (nSPS) is 12.6. The number of carbonyl (C=O) groups excluding carboxylic acids is 2. The molecule has 0 aromatic heterocycles. The van der Waals surface area contributed by atoms with Gasteiger partial charge < -0.3 is 14.8 Å². The van der Waals surface area contributed by atoms with Crippen molar-refractivity contribution in [2.45, 2.75) is 33.2 Å². The first-order valence-corrected chi connectivity index (χ1v) is 6.98. The Morgan fingerprint density at radius 1 is 1.15 bits per heavy atom. The number of esters is 1. The van der Waals surface area contributed by atoms with Gasteiger partial charge in [-0.2, -0.15) is 0 Å². The molecule has 1 amide bonds. The van der Waals surface area contributed by atoms with Crippen LogP contribution in [0, 0.1) is 5.92 Å². The van der Waals surface area contributed by atoms with Gasteiger partial charge in [0, 0.05) is 26.2 Å². The Labute approximate surface area is 121 Å². The molecule has 0 fully saturated rings. The molecule has 0 aromatic rings. The van der Waals surface area contributed by atoms with Crippen molar-refractivity contribution in [3.05, 3.63) is 0 Å². The lowest BCUT2D eigenvalue weighted by Crippen LogP contribution is -2.44. The number of ether oxygens (including phenoxy) is 2. The first-order chi connectivity index (χ1) is 9.40. The number of nitrogens with zero attached hydrogens (tertiary/aromatic N) is 1. The molecule has 20 heavy (non-hydrogen) atoms. The van der Waals surface area contributed by atoms with E-state index in [1.54, 1.807) is 7.11 Å². The number of rotatable bonds is 10. The van der Waals surface area contributed by atoms with Crippen LogP contribution in [0.2, 0.25) is 0 Å². The lowest BCUT2D eigenvalue weighted by Gasteiger charge is -2.23. The maximum atomic E-state index is 11.9. The van der Waals surface area contributed by atoms with Gasteiger partial charge in [0.05, 0.1) is 26.7 Å². The molecule has 6 heteroatoms. The van der Waals surface area contributed by atoms with Gasteiger partial charge in [-0.1, -0.05) is 13.8 Å². The number of nitrogens with one attached hydrogen (secondary N) is 1. The van der Waals surface area contributed by atoms with Crippen molar-refractivity contribution < 1.29 is 19.1 Å². The third-order valence-corrected chi connectivity index (χ3v) is 3.23. The zero-order valence-electron chi connectivity index (χ0n) is 13.3. The molecule has 0 bridgehead atoms. The molecule has 0 aliphatic heterocycles. The van der Waals surface area contributed by atoms with E-state index in [-0.39, 0.29) is 30.9 Å². The Bertz CT molecular complexity index is 295. The van der Waals surface area contributed by atoms with Crippen molar-refractivity contribution in [1.82, 2.24) is 10.2 Å². The van der Waals surface area contributed by atoms with Crippen LogP contribution in [-0.4, -0.2) is 63.3 Å². The van der Waals surface area contributed by atoms with E-state index < -0.39 is 0 Å². The maximum absolute atomic E-state index is 11.9. The number of hydrogen-bond acceptors (Lipinski definition) is 5. The van der Waals surface area contributed by atoms with Gasteiger partial charge in [0.2, 0.25) is 5.91 Å². The lowest BCUT2D eigenvalue weighted by atomic mass is 10.1. The average molecular weight is 288 g/mol. The second kappa shape index (κ2) is 10.6. The molecular weight excluding hydrogens is 260 g/mol. The standard InChI is InChI=1S/C14H28N2O4/c1-11(2)12(3)15-13(17)10-16(8-9-19-4)7-6-14(18)20-5/h11-12H,6-10H2,1-5H3,(H,15,17). The van der Waals surface area contributed by atoms with Crippen LogP contribution < -0.4 is 5.32 Å². The topological polar surface area (TPSA) is 67.9 Å². The molecule has 0 saturated heterocycles. The SMILES string of the molecule is COCCN(CCC(=O)OC)CC(=O)NC(C)C(C)C. The molecular formula is C14H28N2O4. The van der Waals surface area contributed by atoms with Crippen LogP contribution in [0.25, 0.3) is 0 Å². The summed E-state index contributed by atoms with van der Waals surface area (Å²) >= 11 is 0. The molecule has 0 radical (unpaired) electrons. The van der Waals surface area contributed by atoms with E-state index in [1.165, 1.54) is 7.11 Å². The van der Waals surface area contributed by atoms with Crippen LogP contribution in [0.4, 0.5) is 0 Å². The van der Waals surface area contributed by atoms with Crippen LogP contribution in [0.15, 0.2) is 0 Å². The van der Waals surface area contributed by atoms with Gasteiger partial charge >= 0.3 is 5.97 Å². The van der Waals surface area contributed by atoms with Gasteiger partial charge in [-0.05, 0) is 12.8 Å². The summed E-state index contributed by atoms with van der Waals surface area (Å²) in [5.41, 5.74) is 0. The molecule has 0 heterocycles. The minimum Gasteiger partial charge on any atom is -0.469 e. The molecule has 0 aliphatic rings. The predicted molar refractivity (Wildman–Crippen MR) is 77.4 cm³/mol. The van der Waals surface area contributed by atoms with E-state index in [4.69, 9.17) is 4.74 Å². The highest BCUT2D eigenvalue weighted by Gasteiger charge is 2.15. The first kappa shape index (κ1) is 18.9. The fourth-order valence-corrected chi connectivity index (χ4v) is 1.51. The minimum absolute atomic E-state index is 0.0350. The smallest absolute Gasteiger partial charge is 0.306 e. The summed E-state index contributed by atoms with van der Waals surface area (Å²) in [7, 11) is 2.97. The second-order valence-corrected chi connectivity index (χ2v) is 5.20. The number of hydrogen-bond donors (Lipinski definition) is 1. The van der Waals surface area contributed by atoms with E-state index in [9.17, 15) is 9.59 Å². The van der Waals surface area contributed by atoms with Gasteiger partial charge in [0.1, 0.15) is 0 Å². The number of amides is 1. The van der Waals surface area contributed by atoms with Gasteiger partial charge in [-0.3, -0.25) is 14.5 Å². The molecule has 0 aromatic carbocycles. The van der Waals surface area contributed by atoms with Crippen LogP contribution in [-0.2, 0) is 19.1 Å². The van der Waals surface area contributed by atoms with Crippen molar-refractivity contribution in [1.29, 1.82) is 0 Å². The Morgan fingerprint density at radius 3 is 2.30 bits per heavy atom. The molecule has 0 rings (SSSR count). The summed E-state index contributed by atoms with van der Waals surface area (Å²) < 4.78 is 9.63. The summed E-state index contributed by atoms with van der Waals surface area (Å²) in [5, 5.41) is 2.95. The third-order valence-electron chi connectivity index (χ3n) is 3.23. The van der Waals surface area contributed by atoms with Gasteiger partial charge in [0.25, 0.3) is 0 Å². The zero-order valence-corrected chi connectivity index (χ0v) is 13.3. The van der Waals surface area contributed by atoms with Gasteiger partial charge in [-0.25, -0.2) is 0 Å². The lowest BCUT2D eigenvalue weighted by molar-refractivity contribution is -0.141. The highest BCUT2D eigenvalue weighted by molar-refractivity contribution is 5.78. The maximum Gasteiger partial charge on any atom is 0.306 e. The Kier molecular flexibility index (Phi) is 10.0. The van der Waals surface area contributed by atoms with E-state index >= 15 is 0 Å². The molecule has 1 unspecified atom stereocenters. The zero-order chi connectivity index (χ0) is 15.5. The van der Waals surface area contributed by atoms with Crippen LogP contribution in [0.3, 0.4) is 0 Å². The van der Waals surface area contributed by atoms with Gasteiger partial charge in [-0.15, -0.1) is 0 Å². The molecule has 0 aliphatic carbocycles. The number of carbonyl (C=O) groups is 2. The van der Waals surface area contributed by atoms with Gasteiger partial charge in [0.15, 0.2) is 0 Å². The summed E-state index contributed by atoms with van der Waals surface area (Å²) in [4.78, 5) is 25.0. The third kappa shape index (κ3) is 8.87. The number of methoxy groups -OCH3 is 2. The molecule has 1 atom stereocenters. The molecule has 1 N–H and O–H groups in total. The van der Waals surface area contributed by atoms with Crippen LogP contribution in [0.1, 0.15) is 27.2 Å². The minimum atomic E-state index is -0.275. The van der Waals surface area contributed by atoms with Crippen molar-refractivity contribution >= 4 is 11.9 Å². The summed E-state index contributed by atoms with van der Waals surface area (Å²) in [5.74, 6) is 0.0805. The Balaban J connectivity index is 4.25. The fourth-order valence-electron chi connectivity index (χ4n) is 1.51. The Morgan fingerprint density at radius 2 is 1.80 bits per heavy atom. The van der Waals surface area contributed by atoms with E-state index in [2.05, 4.69) is 23.9 Å². The largest absolute Gasteiger partial charge is 0.469 e. The monoisotopic (exact) mass is 288 g/mol. The second-order valence-electron chi connectivity index (χ2n) is 5.20. The molecule has 118 valence electrons. The van der Waals surface area contributed by atoms with E-state index in [1.807, 2.05) is 11.8 Å². The first-order valence-electron chi connectivity index (χ1n) is 6.98. The molecule has 0 saturated carbocycles. The Hall–Kier alpha value is -1.14. The highest BCUT2D eigenvalue weighted by atomic mass is 16.5. The van der Waals surface area contributed by atoms with Crippen LogP contribution >= 0.6 is 0 Å². The van der Waals surface area contributed by atoms with Crippen molar-refractivity contribution in [2.75, 3.05) is 40.5 Å². The van der Waals surface area contributed by atoms with Crippen molar-refractivity contribution in [2.24, 2.45) is 5.92 Å². The fraction of sp³-hybridized carbons (Fsp3) is 0.857. The molecule has 6 nitrogen and oxygen atoms in total. The van der Waals surface area contributed by atoms with E-state index in [0.717, 1.165) is 0 Å². The summed E-state index contributed by atoms with van der Waals surface area (Å²) in [6.07, 6.45) is 0.271.